The molecule has 0 radical (unpaired) electrons. The van der Waals surface area contributed by atoms with Gasteiger partial charge in [0.2, 0.25) is 0 Å². The van der Waals surface area contributed by atoms with Gasteiger partial charge in [-0.15, -0.1) is 0 Å². The van der Waals surface area contributed by atoms with Gasteiger partial charge in [-0.1, -0.05) is 42.5 Å². The molecule has 1 saturated carbocycles. The van der Waals surface area contributed by atoms with Crippen LogP contribution in [0.25, 0.3) is 0 Å². The maximum absolute atomic E-state index is 13.9. The van der Waals surface area contributed by atoms with E-state index < -0.39 is 41.4 Å². The molecule has 1 unspecified atom stereocenters. The second-order valence-corrected chi connectivity index (χ2v) is 11.7. The molecular formula is C31H39F3N2O5. The van der Waals surface area contributed by atoms with Crippen molar-refractivity contribution in [2.24, 2.45) is 0 Å². The van der Waals surface area contributed by atoms with Gasteiger partial charge in [-0.2, -0.15) is 13.2 Å². The number of likely N-dealkylation sites (tertiary alicyclic amines) is 1. The maximum Gasteiger partial charge on any atom is 0.416 e. The largest absolute Gasteiger partial charge is 0.416 e. The second-order valence-electron chi connectivity index (χ2n) is 11.7. The third-order valence-electron chi connectivity index (χ3n) is 8.05. The number of alkyl halides is 3. The number of nitrogens with zero attached hydrogens (tertiary/aromatic N) is 1. The van der Waals surface area contributed by atoms with Crippen molar-refractivity contribution < 1.29 is 36.9 Å². The molecule has 1 N–H and O–H groups in total. The van der Waals surface area contributed by atoms with Gasteiger partial charge in [0.1, 0.15) is 6.10 Å². The molecule has 5 rings (SSSR count). The lowest BCUT2D eigenvalue weighted by Crippen LogP contribution is -2.60. The van der Waals surface area contributed by atoms with E-state index in [-0.39, 0.29) is 32.0 Å². The normalized spacial score (nSPS) is 28.0. The average molecular weight is 577 g/mol. The fraction of sp³-hybridized carbons (Fsp3) is 0.581. The molecule has 1 aliphatic carbocycles. The summed E-state index contributed by atoms with van der Waals surface area (Å²) < 4.78 is 65.0. The molecule has 2 saturated heterocycles. The zero-order valence-corrected chi connectivity index (χ0v) is 23.6. The number of fused-ring (bicyclic) bond motifs is 1. The molecule has 1 amide bonds. The summed E-state index contributed by atoms with van der Waals surface area (Å²) in [6, 6.07) is 14.7. The minimum Gasteiger partial charge on any atom is -0.371 e. The van der Waals surface area contributed by atoms with Crippen LogP contribution in [-0.2, 0) is 43.1 Å². The summed E-state index contributed by atoms with van der Waals surface area (Å²) in [5.74, 6) is -1.15. The van der Waals surface area contributed by atoms with Gasteiger partial charge in [-0.3, -0.25) is 4.79 Å². The monoisotopic (exact) mass is 576 g/mol. The Morgan fingerprint density at radius 2 is 1.73 bits per heavy atom. The van der Waals surface area contributed by atoms with Crippen LogP contribution in [-0.4, -0.2) is 66.7 Å². The highest BCUT2D eigenvalue weighted by atomic mass is 19.4. The van der Waals surface area contributed by atoms with Gasteiger partial charge in [-0.25, -0.2) is 0 Å². The molecule has 2 aliphatic heterocycles. The number of ether oxygens (including phenoxy) is 4. The summed E-state index contributed by atoms with van der Waals surface area (Å²) >= 11 is 0. The first kappa shape index (κ1) is 30.0. The molecule has 7 nitrogen and oxygen atoms in total. The number of halogens is 3. The summed E-state index contributed by atoms with van der Waals surface area (Å²) in [5.41, 5.74) is -0.709. The number of hydrogen-bond acceptors (Lipinski definition) is 6. The van der Waals surface area contributed by atoms with Crippen LogP contribution < -0.4 is 5.32 Å². The van der Waals surface area contributed by atoms with E-state index in [1.165, 1.54) is 18.9 Å². The third-order valence-corrected chi connectivity index (χ3v) is 8.05. The predicted molar refractivity (Wildman–Crippen MR) is 146 cm³/mol. The van der Waals surface area contributed by atoms with Crippen molar-refractivity contribution in [1.29, 1.82) is 0 Å². The zero-order chi connectivity index (χ0) is 29.1. The van der Waals surface area contributed by atoms with Gasteiger partial charge in [0.25, 0.3) is 5.91 Å². The van der Waals surface area contributed by atoms with Crippen LogP contribution >= 0.6 is 0 Å². The van der Waals surface area contributed by atoms with Crippen LogP contribution in [0.15, 0.2) is 54.6 Å². The van der Waals surface area contributed by atoms with Crippen LogP contribution in [0.2, 0.25) is 0 Å². The Balaban J connectivity index is 1.36. The van der Waals surface area contributed by atoms with Gasteiger partial charge in [0.15, 0.2) is 11.4 Å². The Hall–Kier alpha value is -2.50. The number of benzene rings is 2. The smallest absolute Gasteiger partial charge is 0.371 e. The molecule has 41 heavy (non-hydrogen) atoms. The number of amides is 1. The van der Waals surface area contributed by atoms with Crippen molar-refractivity contribution in [3.63, 3.8) is 0 Å². The van der Waals surface area contributed by atoms with E-state index in [0.29, 0.717) is 12.1 Å². The summed E-state index contributed by atoms with van der Waals surface area (Å²) in [4.78, 5) is 16.2. The predicted octanol–water partition coefficient (Wildman–Crippen LogP) is 5.07. The molecule has 3 fully saturated rings. The number of rotatable bonds is 10. The van der Waals surface area contributed by atoms with Crippen LogP contribution in [0.3, 0.4) is 0 Å². The second kappa shape index (κ2) is 12.4. The van der Waals surface area contributed by atoms with Crippen LogP contribution in [0.5, 0.6) is 0 Å². The van der Waals surface area contributed by atoms with Crippen molar-refractivity contribution in [2.75, 3.05) is 26.2 Å². The van der Waals surface area contributed by atoms with Gasteiger partial charge in [-0.05, 0) is 63.0 Å². The van der Waals surface area contributed by atoms with Crippen molar-refractivity contribution in [3.8, 4) is 0 Å². The Bertz CT molecular complexity index is 1170. The molecule has 3 aliphatic rings. The van der Waals surface area contributed by atoms with E-state index in [2.05, 4.69) is 10.2 Å². The summed E-state index contributed by atoms with van der Waals surface area (Å²) in [6.45, 7) is 7.05. The summed E-state index contributed by atoms with van der Waals surface area (Å²) in [5, 5.41) is 3.09. The lowest BCUT2D eigenvalue weighted by molar-refractivity contribution is -0.183. The Morgan fingerprint density at radius 1 is 1.00 bits per heavy atom. The first-order valence-electron chi connectivity index (χ1n) is 14.3. The molecule has 224 valence electrons. The van der Waals surface area contributed by atoms with E-state index >= 15 is 0 Å². The van der Waals surface area contributed by atoms with Crippen molar-refractivity contribution in [2.45, 2.75) is 88.6 Å². The van der Waals surface area contributed by atoms with Crippen molar-refractivity contribution in [1.82, 2.24) is 10.2 Å². The van der Waals surface area contributed by atoms with Gasteiger partial charge < -0.3 is 29.2 Å². The molecule has 0 bridgehead atoms. The van der Waals surface area contributed by atoms with Gasteiger partial charge in [0.05, 0.1) is 31.0 Å². The lowest BCUT2D eigenvalue weighted by atomic mass is 9.78. The average Bonchev–Trinajstić information content (AvgIpc) is 3.57. The highest BCUT2D eigenvalue weighted by Crippen LogP contribution is 2.44. The van der Waals surface area contributed by atoms with Crippen LogP contribution in [0.1, 0.15) is 56.2 Å². The Kier molecular flexibility index (Phi) is 9.06. The number of carbonyl (C=O) groups is 1. The maximum atomic E-state index is 13.9. The van der Waals surface area contributed by atoms with Crippen molar-refractivity contribution >= 4 is 5.91 Å². The fourth-order valence-corrected chi connectivity index (χ4v) is 6.04. The van der Waals surface area contributed by atoms with Crippen molar-refractivity contribution in [3.05, 3.63) is 71.3 Å². The van der Waals surface area contributed by atoms with Crippen LogP contribution in [0, 0.1) is 0 Å². The molecule has 2 aromatic carbocycles. The minimum absolute atomic E-state index is 0.0764. The molecule has 0 spiro atoms. The molecule has 10 heteroatoms. The first-order chi connectivity index (χ1) is 19.5. The number of hydrogen-bond donors (Lipinski definition) is 1. The van der Waals surface area contributed by atoms with E-state index in [9.17, 15) is 18.0 Å². The molecule has 2 aromatic rings. The SMILES string of the molecule is CC1(C)O[C@@H]2C[C@@](OCc3ccccc3)(C(=O)NCCN3CCCC3)CC(OCc3cccc(C(F)(F)F)c3)[C@@H]2O1. The quantitative estimate of drug-likeness (QED) is 0.426. The van der Waals surface area contributed by atoms with E-state index in [1.54, 1.807) is 19.9 Å². The van der Waals surface area contributed by atoms with E-state index in [0.717, 1.165) is 37.3 Å². The van der Waals surface area contributed by atoms with Crippen LogP contribution in [0.4, 0.5) is 13.2 Å². The minimum atomic E-state index is -4.45. The van der Waals surface area contributed by atoms with Gasteiger partial charge in [0, 0.05) is 25.9 Å². The van der Waals surface area contributed by atoms with E-state index in [1.807, 2.05) is 30.3 Å². The third kappa shape index (κ3) is 7.48. The summed E-state index contributed by atoms with van der Waals surface area (Å²) in [7, 11) is 0. The molecule has 4 atom stereocenters. The molecule has 0 aromatic heterocycles. The summed E-state index contributed by atoms with van der Waals surface area (Å²) in [6.07, 6.45) is -3.32. The van der Waals surface area contributed by atoms with E-state index in [4.69, 9.17) is 18.9 Å². The Morgan fingerprint density at radius 3 is 2.46 bits per heavy atom. The highest BCUT2D eigenvalue weighted by molar-refractivity contribution is 5.85. The Labute approximate surface area is 239 Å². The van der Waals surface area contributed by atoms with Gasteiger partial charge >= 0.3 is 6.18 Å². The highest BCUT2D eigenvalue weighted by Gasteiger charge is 2.58. The number of nitrogens with one attached hydrogen (secondary N) is 1. The number of carbonyl (C=O) groups excluding carboxylic acids is 1. The topological polar surface area (TPSA) is 69.3 Å². The standard InChI is InChI=1S/C31H39F3N2O5/c1-29(2)40-26-19-30(39-21-22-9-4-3-5-10-22,28(37)35-13-16-36-14-6-7-15-36)18-25(27(26)41-29)38-20-23-11-8-12-24(17-23)31(32,33)34/h3-5,8-12,17,25-27H,6-7,13-16,18-21H2,1-2H3,(H,35,37)/t25?,26-,27+,30-/m1/s1. The first-order valence-corrected chi connectivity index (χ1v) is 14.3. The fourth-order valence-electron chi connectivity index (χ4n) is 6.04. The lowest BCUT2D eigenvalue weighted by Gasteiger charge is -2.43. The molecule has 2 heterocycles. The zero-order valence-electron chi connectivity index (χ0n) is 23.6. The molecular weight excluding hydrogens is 537 g/mol.